The molecule has 0 aliphatic heterocycles. The third-order valence-electron chi connectivity index (χ3n) is 3.63. The summed E-state index contributed by atoms with van der Waals surface area (Å²) in [4.78, 5) is 0. The lowest BCUT2D eigenvalue weighted by Crippen LogP contribution is -2.32. The van der Waals surface area contributed by atoms with Crippen LogP contribution in [0.25, 0.3) is 0 Å². The van der Waals surface area contributed by atoms with Gasteiger partial charge in [0.05, 0.1) is 6.61 Å². The van der Waals surface area contributed by atoms with E-state index < -0.39 is 5.82 Å². The highest BCUT2D eigenvalue weighted by Crippen LogP contribution is 2.51. The zero-order valence-corrected chi connectivity index (χ0v) is 10.1. The van der Waals surface area contributed by atoms with Crippen LogP contribution in [0.3, 0.4) is 0 Å². The molecule has 0 saturated heterocycles. The first kappa shape index (κ1) is 12.5. The molecule has 1 unspecified atom stereocenters. The predicted octanol–water partition coefficient (Wildman–Crippen LogP) is 2.49. The van der Waals surface area contributed by atoms with Crippen molar-refractivity contribution in [1.29, 1.82) is 0 Å². The van der Waals surface area contributed by atoms with Gasteiger partial charge in [0.2, 0.25) is 0 Å². The van der Waals surface area contributed by atoms with E-state index in [1.165, 1.54) is 19.2 Å². The van der Waals surface area contributed by atoms with Crippen LogP contribution in [0.1, 0.15) is 30.9 Å². The Morgan fingerprint density at radius 2 is 2.00 bits per heavy atom. The molecular weight excluding hydrogens is 224 g/mol. The minimum Gasteiger partial charge on any atom is -0.380 e. The van der Waals surface area contributed by atoms with E-state index in [9.17, 15) is 8.78 Å². The third-order valence-corrected chi connectivity index (χ3v) is 3.63. The van der Waals surface area contributed by atoms with Crippen molar-refractivity contribution >= 4 is 0 Å². The van der Waals surface area contributed by atoms with Crippen molar-refractivity contribution < 1.29 is 13.5 Å². The zero-order chi connectivity index (χ0) is 12.6. The summed E-state index contributed by atoms with van der Waals surface area (Å²) in [6.45, 7) is 1.92. The second-order valence-corrected chi connectivity index (χ2v) is 4.80. The van der Waals surface area contributed by atoms with E-state index in [1.807, 2.05) is 6.92 Å². The lowest BCUT2D eigenvalue weighted by Gasteiger charge is -2.21. The van der Waals surface area contributed by atoms with Crippen molar-refractivity contribution in [2.45, 2.75) is 37.8 Å². The largest absolute Gasteiger partial charge is 0.380 e. The van der Waals surface area contributed by atoms with Crippen molar-refractivity contribution in [1.82, 2.24) is 0 Å². The Bertz CT molecular complexity index is 428. The van der Waals surface area contributed by atoms with Gasteiger partial charge >= 0.3 is 0 Å². The van der Waals surface area contributed by atoms with E-state index in [-0.39, 0.29) is 29.4 Å². The van der Waals surface area contributed by atoms with Gasteiger partial charge in [-0.05, 0) is 37.5 Å². The van der Waals surface area contributed by atoms with Crippen LogP contribution in [0.15, 0.2) is 12.1 Å². The van der Waals surface area contributed by atoms with Crippen molar-refractivity contribution in [3.63, 3.8) is 0 Å². The first-order valence-electron chi connectivity index (χ1n) is 5.74. The molecule has 1 aliphatic carbocycles. The molecule has 2 N–H and O–H groups in total. The minimum absolute atomic E-state index is 0.0776. The lowest BCUT2D eigenvalue weighted by molar-refractivity contribution is 0.181. The van der Waals surface area contributed by atoms with E-state index >= 15 is 0 Å². The molecule has 0 heterocycles. The molecule has 0 radical (unpaired) electrons. The van der Waals surface area contributed by atoms with Crippen molar-refractivity contribution in [2.75, 3.05) is 7.11 Å². The van der Waals surface area contributed by atoms with E-state index in [0.29, 0.717) is 5.56 Å². The molecule has 1 aromatic rings. The second-order valence-electron chi connectivity index (χ2n) is 4.80. The number of ether oxygens (including phenoxy) is 1. The average Bonchev–Trinajstić information content (AvgIpc) is 3.04. The molecule has 2 rings (SSSR count). The van der Waals surface area contributed by atoms with Crippen LogP contribution < -0.4 is 5.73 Å². The van der Waals surface area contributed by atoms with Crippen LogP contribution in [0.5, 0.6) is 0 Å². The topological polar surface area (TPSA) is 35.2 Å². The van der Waals surface area contributed by atoms with Gasteiger partial charge in [0.1, 0.15) is 11.6 Å². The van der Waals surface area contributed by atoms with Gasteiger partial charge in [0.25, 0.3) is 0 Å². The summed E-state index contributed by atoms with van der Waals surface area (Å²) < 4.78 is 32.5. The monoisotopic (exact) mass is 241 g/mol. The van der Waals surface area contributed by atoms with E-state index in [1.54, 1.807) is 0 Å². The standard InChI is InChI=1S/C13H17F2NO/c1-8(16)13(3-4-13)10-6-11(14)9(7-17-2)5-12(10)15/h5-6,8H,3-4,7,16H2,1-2H3. The van der Waals surface area contributed by atoms with Gasteiger partial charge in [-0.15, -0.1) is 0 Å². The first-order chi connectivity index (χ1) is 8.01. The number of nitrogens with two attached hydrogens (primary N) is 1. The molecule has 0 spiro atoms. The molecule has 4 heteroatoms. The molecule has 1 aromatic carbocycles. The molecule has 0 aromatic heterocycles. The summed E-state index contributed by atoms with van der Waals surface area (Å²) in [5.74, 6) is -0.802. The van der Waals surface area contributed by atoms with E-state index in [2.05, 4.69) is 0 Å². The van der Waals surface area contributed by atoms with Crippen LogP contribution >= 0.6 is 0 Å². The fourth-order valence-corrected chi connectivity index (χ4v) is 2.34. The first-order valence-corrected chi connectivity index (χ1v) is 5.74. The SMILES string of the molecule is COCc1cc(F)c(C2(C(C)N)CC2)cc1F. The van der Waals surface area contributed by atoms with Crippen LogP contribution in [0, 0.1) is 11.6 Å². The van der Waals surface area contributed by atoms with Crippen LogP contribution in [-0.2, 0) is 16.8 Å². The Hall–Kier alpha value is -1.00. The second kappa shape index (κ2) is 4.35. The zero-order valence-electron chi connectivity index (χ0n) is 10.1. The Kier molecular flexibility index (Phi) is 3.19. The van der Waals surface area contributed by atoms with Crippen LogP contribution in [0.4, 0.5) is 8.78 Å². The summed E-state index contributed by atoms with van der Waals surface area (Å²) in [6, 6.07) is 2.33. The summed E-state index contributed by atoms with van der Waals surface area (Å²) in [5.41, 5.74) is 6.15. The molecule has 0 bridgehead atoms. The Labute approximate surface area is 99.8 Å². The highest BCUT2D eigenvalue weighted by atomic mass is 19.1. The van der Waals surface area contributed by atoms with Crippen molar-refractivity contribution in [3.8, 4) is 0 Å². The Morgan fingerprint density at radius 1 is 1.35 bits per heavy atom. The lowest BCUT2D eigenvalue weighted by atomic mass is 9.88. The number of benzene rings is 1. The highest BCUT2D eigenvalue weighted by Gasteiger charge is 2.49. The van der Waals surface area contributed by atoms with Gasteiger partial charge in [-0.25, -0.2) is 8.78 Å². The molecule has 1 atom stereocenters. The maximum absolute atomic E-state index is 14.0. The smallest absolute Gasteiger partial charge is 0.129 e. The van der Waals surface area contributed by atoms with Crippen molar-refractivity contribution in [2.24, 2.45) is 5.73 Å². The Balaban J connectivity index is 2.40. The van der Waals surface area contributed by atoms with E-state index in [0.717, 1.165) is 12.8 Å². The summed E-state index contributed by atoms with van der Waals surface area (Å²) in [7, 11) is 1.45. The molecule has 1 fully saturated rings. The van der Waals surface area contributed by atoms with E-state index in [4.69, 9.17) is 10.5 Å². The molecular formula is C13H17F2NO. The highest BCUT2D eigenvalue weighted by molar-refractivity contribution is 5.37. The molecule has 17 heavy (non-hydrogen) atoms. The maximum Gasteiger partial charge on any atom is 0.129 e. The summed E-state index contributed by atoms with van der Waals surface area (Å²) in [6.07, 6.45) is 1.65. The van der Waals surface area contributed by atoms with Gasteiger partial charge in [0, 0.05) is 24.1 Å². The quantitative estimate of drug-likeness (QED) is 0.879. The average molecular weight is 241 g/mol. The number of rotatable bonds is 4. The molecule has 1 saturated carbocycles. The summed E-state index contributed by atoms with van der Waals surface area (Å²) in [5, 5.41) is 0. The third kappa shape index (κ3) is 2.07. The maximum atomic E-state index is 14.0. The number of halogens is 2. The normalized spacial score (nSPS) is 19.1. The van der Waals surface area contributed by atoms with Gasteiger partial charge < -0.3 is 10.5 Å². The molecule has 1 aliphatic rings. The van der Waals surface area contributed by atoms with Crippen LogP contribution in [-0.4, -0.2) is 13.2 Å². The number of hydrogen-bond acceptors (Lipinski definition) is 2. The van der Waals surface area contributed by atoms with Gasteiger partial charge in [-0.3, -0.25) is 0 Å². The van der Waals surface area contributed by atoms with Gasteiger partial charge in [-0.1, -0.05) is 0 Å². The fraction of sp³-hybridized carbons (Fsp3) is 0.538. The Morgan fingerprint density at radius 3 is 2.47 bits per heavy atom. The minimum atomic E-state index is -0.421. The predicted molar refractivity (Wildman–Crippen MR) is 61.6 cm³/mol. The molecule has 0 amide bonds. The van der Waals surface area contributed by atoms with Gasteiger partial charge in [0.15, 0.2) is 0 Å². The fourth-order valence-electron chi connectivity index (χ4n) is 2.34. The van der Waals surface area contributed by atoms with Gasteiger partial charge in [-0.2, -0.15) is 0 Å². The number of hydrogen-bond donors (Lipinski definition) is 1. The number of methoxy groups -OCH3 is 1. The summed E-state index contributed by atoms with van der Waals surface area (Å²) >= 11 is 0. The van der Waals surface area contributed by atoms with Crippen molar-refractivity contribution in [3.05, 3.63) is 34.9 Å². The van der Waals surface area contributed by atoms with Crippen LogP contribution in [0.2, 0.25) is 0 Å². The molecule has 2 nitrogen and oxygen atoms in total. The molecule has 94 valence electrons.